The van der Waals surface area contributed by atoms with Crippen LogP contribution in [0.1, 0.15) is 17.4 Å². The van der Waals surface area contributed by atoms with E-state index in [1.165, 1.54) is 12.3 Å². The van der Waals surface area contributed by atoms with Crippen LogP contribution in [0.4, 0.5) is 0 Å². The van der Waals surface area contributed by atoms with E-state index >= 15 is 0 Å². The third kappa shape index (κ3) is 3.10. The van der Waals surface area contributed by atoms with Crippen LogP contribution < -0.4 is 5.73 Å². The van der Waals surface area contributed by atoms with Crippen LogP contribution in [-0.4, -0.2) is 20.1 Å². The minimum absolute atomic E-state index is 0.0771. The maximum atomic E-state index is 9.46. The number of aromatic nitrogens is 3. The molecule has 0 aliphatic carbocycles. The predicted molar refractivity (Wildman–Crippen MR) is 85.6 cm³/mol. The van der Waals surface area contributed by atoms with E-state index in [0.29, 0.717) is 28.7 Å². The Kier molecular flexibility index (Phi) is 4.09. The summed E-state index contributed by atoms with van der Waals surface area (Å²) in [6, 6.07) is 12.9. The molecule has 0 aliphatic rings. The van der Waals surface area contributed by atoms with Crippen LogP contribution in [0.2, 0.25) is 5.15 Å². The van der Waals surface area contributed by atoms with E-state index in [-0.39, 0.29) is 11.9 Å². The smallest absolute Gasteiger partial charge is 0.211 e. The lowest BCUT2D eigenvalue weighted by molar-refractivity contribution is 0.454. The Balaban J connectivity index is 1.85. The number of pyridine rings is 1. The average Bonchev–Trinajstić information content (AvgIpc) is 2.90. The Hall–Kier alpha value is -2.37. The fourth-order valence-corrected chi connectivity index (χ4v) is 2.51. The van der Waals surface area contributed by atoms with Crippen molar-refractivity contribution in [1.29, 1.82) is 0 Å². The van der Waals surface area contributed by atoms with Gasteiger partial charge in [0.25, 0.3) is 0 Å². The normalized spacial score (nSPS) is 12.3. The van der Waals surface area contributed by atoms with Gasteiger partial charge < -0.3 is 15.8 Å². The zero-order chi connectivity index (χ0) is 15.5. The molecule has 2 heterocycles. The van der Waals surface area contributed by atoms with E-state index in [1.807, 2.05) is 30.3 Å². The molecule has 0 spiro atoms. The third-order valence-corrected chi connectivity index (χ3v) is 3.62. The van der Waals surface area contributed by atoms with Crippen LogP contribution >= 0.6 is 11.6 Å². The van der Waals surface area contributed by atoms with Crippen LogP contribution in [0.5, 0.6) is 5.88 Å². The first-order valence-electron chi connectivity index (χ1n) is 6.84. The molecule has 6 heteroatoms. The summed E-state index contributed by atoms with van der Waals surface area (Å²) >= 11 is 6.20. The fraction of sp³-hybridized carbons (Fsp3) is 0.125. The monoisotopic (exact) mass is 314 g/mol. The zero-order valence-electron chi connectivity index (χ0n) is 11.7. The van der Waals surface area contributed by atoms with Crippen molar-refractivity contribution in [3.63, 3.8) is 0 Å². The second-order valence-electron chi connectivity index (χ2n) is 4.98. The van der Waals surface area contributed by atoms with Gasteiger partial charge in [0.15, 0.2) is 0 Å². The molecule has 22 heavy (non-hydrogen) atoms. The van der Waals surface area contributed by atoms with Gasteiger partial charge in [-0.3, -0.25) is 0 Å². The minimum Gasteiger partial charge on any atom is -0.493 e. The van der Waals surface area contributed by atoms with Gasteiger partial charge in [0.1, 0.15) is 16.7 Å². The zero-order valence-corrected chi connectivity index (χ0v) is 12.5. The molecule has 2 aromatic heterocycles. The largest absolute Gasteiger partial charge is 0.493 e. The number of aromatic hydroxyl groups is 1. The van der Waals surface area contributed by atoms with Gasteiger partial charge in [-0.25, -0.2) is 9.97 Å². The molecule has 0 fully saturated rings. The summed E-state index contributed by atoms with van der Waals surface area (Å²) in [7, 11) is 0. The van der Waals surface area contributed by atoms with Crippen molar-refractivity contribution in [1.82, 2.24) is 15.0 Å². The van der Waals surface area contributed by atoms with Gasteiger partial charge >= 0.3 is 0 Å². The van der Waals surface area contributed by atoms with Gasteiger partial charge in [-0.15, -0.1) is 0 Å². The van der Waals surface area contributed by atoms with Crippen molar-refractivity contribution in [3.05, 3.63) is 65.2 Å². The van der Waals surface area contributed by atoms with E-state index in [1.54, 1.807) is 6.07 Å². The molecule has 1 aromatic carbocycles. The second-order valence-corrected chi connectivity index (χ2v) is 5.36. The van der Waals surface area contributed by atoms with Crippen LogP contribution in [-0.2, 0) is 6.42 Å². The molecular weight excluding hydrogens is 300 g/mol. The Morgan fingerprint density at radius 3 is 2.73 bits per heavy atom. The number of nitrogens with two attached hydrogens (primary N) is 1. The number of imidazole rings is 1. The molecule has 0 bridgehead atoms. The Bertz CT molecular complexity index is 773. The molecule has 0 saturated carbocycles. The van der Waals surface area contributed by atoms with Crippen LogP contribution in [0.25, 0.3) is 11.3 Å². The molecule has 3 aromatic rings. The summed E-state index contributed by atoms with van der Waals surface area (Å²) in [5, 5.41) is 9.85. The summed E-state index contributed by atoms with van der Waals surface area (Å²) < 4.78 is 0. The first-order valence-corrected chi connectivity index (χ1v) is 7.21. The van der Waals surface area contributed by atoms with Crippen molar-refractivity contribution in [2.45, 2.75) is 12.5 Å². The molecule has 5 nitrogen and oxygen atoms in total. The molecule has 3 rings (SSSR count). The number of nitrogens with zero attached hydrogens (tertiary/aromatic N) is 2. The van der Waals surface area contributed by atoms with Gasteiger partial charge in [-0.2, -0.15) is 0 Å². The standard InChI is InChI=1S/C16H15ClN4O/c17-15-14(11-6-7-19-13(22)9-11)20-16(21-15)12(18)8-10-4-2-1-3-5-10/h1-7,9,12H,8,18H2,(H,19,22)(H,20,21)/t12-/m0/s1. The number of benzene rings is 1. The first kappa shape index (κ1) is 14.6. The van der Waals surface area contributed by atoms with Crippen LogP contribution in [0, 0.1) is 0 Å². The number of halogens is 1. The molecule has 112 valence electrons. The molecule has 0 saturated heterocycles. The van der Waals surface area contributed by atoms with Crippen LogP contribution in [0.3, 0.4) is 0 Å². The van der Waals surface area contributed by atoms with Crippen molar-refractivity contribution in [3.8, 4) is 17.1 Å². The molecular formula is C16H15ClN4O. The summed E-state index contributed by atoms with van der Waals surface area (Å²) in [6.07, 6.45) is 2.16. The quantitative estimate of drug-likeness (QED) is 0.690. The van der Waals surface area contributed by atoms with Gasteiger partial charge in [0.2, 0.25) is 5.88 Å². The topological polar surface area (TPSA) is 87.8 Å². The highest BCUT2D eigenvalue weighted by molar-refractivity contribution is 6.31. The maximum Gasteiger partial charge on any atom is 0.211 e. The average molecular weight is 315 g/mol. The lowest BCUT2D eigenvalue weighted by Gasteiger charge is -2.08. The van der Waals surface area contributed by atoms with Crippen LogP contribution in [0.15, 0.2) is 48.7 Å². The Morgan fingerprint density at radius 1 is 1.23 bits per heavy atom. The first-order chi connectivity index (χ1) is 10.6. The number of rotatable bonds is 4. The van der Waals surface area contributed by atoms with Gasteiger partial charge in [-0.05, 0) is 18.1 Å². The molecule has 1 atom stereocenters. The number of hydrogen-bond acceptors (Lipinski definition) is 4. The van der Waals surface area contributed by atoms with Gasteiger partial charge in [-0.1, -0.05) is 41.9 Å². The molecule has 0 radical (unpaired) electrons. The van der Waals surface area contributed by atoms with E-state index in [4.69, 9.17) is 17.3 Å². The number of H-pyrrole nitrogens is 1. The highest BCUT2D eigenvalue weighted by Crippen LogP contribution is 2.28. The molecule has 0 aliphatic heterocycles. The second kappa shape index (κ2) is 6.17. The summed E-state index contributed by atoms with van der Waals surface area (Å²) in [6.45, 7) is 0. The third-order valence-electron chi connectivity index (χ3n) is 3.35. The number of hydrogen-bond donors (Lipinski definition) is 3. The van der Waals surface area contributed by atoms with Crippen molar-refractivity contribution < 1.29 is 5.11 Å². The molecule has 4 N–H and O–H groups in total. The molecule has 0 amide bonds. The summed E-state index contributed by atoms with van der Waals surface area (Å²) in [4.78, 5) is 11.2. The fourth-order valence-electron chi connectivity index (χ4n) is 2.27. The highest BCUT2D eigenvalue weighted by atomic mass is 35.5. The van der Waals surface area contributed by atoms with E-state index in [9.17, 15) is 5.11 Å². The maximum absolute atomic E-state index is 9.46. The van der Waals surface area contributed by atoms with E-state index < -0.39 is 0 Å². The van der Waals surface area contributed by atoms with E-state index in [2.05, 4.69) is 15.0 Å². The lowest BCUT2D eigenvalue weighted by Crippen LogP contribution is -2.15. The van der Waals surface area contributed by atoms with Gasteiger partial charge in [0, 0.05) is 17.8 Å². The SMILES string of the molecule is N[C@@H](Cc1ccccc1)c1nc(-c2ccnc(O)c2)c(Cl)[nH]1. The highest BCUT2D eigenvalue weighted by Gasteiger charge is 2.16. The van der Waals surface area contributed by atoms with Crippen molar-refractivity contribution >= 4 is 11.6 Å². The van der Waals surface area contributed by atoms with Crippen molar-refractivity contribution in [2.75, 3.05) is 0 Å². The Morgan fingerprint density at radius 2 is 2.00 bits per heavy atom. The number of aromatic amines is 1. The summed E-state index contributed by atoms with van der Waals surface area (Å²) in [5.74, 6) is 0.534. The minimum atomic E-state index is -0.288. The van der Waals surface area contributed by atoms with Gasteiger partial charge in [0.05, 0.1) is 6.04 Å². The predicted octanol–water partition coefficient (Wildman–Crippen LogP) is 3.07. The number of nitrogens with one attached hydrogen (secondary N) is 1. The van der Waals surface area contributed by atoms with E-state index in [0.717, 1.165) is 5.56 Å². The summed E-state index contributed by atoms with van der Waals surface area (Å²) in [5.41, 5.74) is 8.57. The molecule has 0 unspecified atom stereocenters. The lowest BCUT2D eigenvalue weighted by atomic mass is 10.1. The Labute approximate surface area is 132 Å². The van der Waals surface area contributed by atoms with Crippen molar-refractivity contribution in [2.24, 2.45) is 5.73 Å².